The van der Waals surface area contributed by atoms with Crippen molar-refractivity contribution < 1.29 is 4.74 Å². The molecule has 0 aliphatic heterocycles. The zero-order valence-electron chi connectivity index (χ0n) is 10.9. The van der Waals surface area contributed by atoms with E-state index in [1.54, 1.807) is 30.2 Å². The lowest BCUT2D eigenvalue weighted by molar-refractivity contribution is 0.218. The Labute approximate surface area is 121 Å². The fourth-order valence-electron chi connectivity index (χ4n) is 1.92. The van der Waals surface area contributed by atoms with Crippen LogP contribution in [0.2, 0.25) is 0 Å². The number of aromatic nitrogens is 3. The van der Waals surface area contributed by atoms with E-state index in [1.807, 2.05) is 0 Å². The molecular formula is C13H17N3OS2. The standard InChI is InChI=1S/C13H17N3OS2/c1-17-6-8-19-13-15-14-12(11-3-2-7-18-11)16(13)9-10-4-5-10/h2-3,7,10H,4-6,8-9H2,1H3. The van der Waals surface area contributed by atoms with Crippen LogP contribution < -0.4 is 0 Å². The van der Waals surface area contributed by atoms with Crippen LogP contribution in [0.1, 0.15) is 12.8 Å². The predicted molar refractivity (Wildman–Crippen MR) is 78.7 cm³/mol. The van der Waals surface area contributed by atoms with Crippen molar-refractivity contribution in [3.63, 3.8) is 0 Å². The van der Waals surface area contributed by atoms with Gasteiger partial charge in [-0.25, -0.2) is 0 Å². The minimum atomic E-state index is 0.745. The number of hydrogen-bond acceptors (Lipinski definition) is 5. The maximum Gasteiger partial charge on any atom is 0.191 e. The molecule has 1 fully saturated rings. The Balaban J connectivity index is 1.82. The van der Waals surface area contributed by atoms with Gasteiger partial charge in [0.15, 0.2) is 11.0 Å². The Morgan fingerprint density at radius 2 is 2.37 bits per heavy atom. The fourth-order valence-corrected chi connectivity index (χ4v) is 3.49. The van der Waals surface area contributed by atoms with Crippen molar-refractivity contribution >= 4 is 23.1 Å². The van der Waals surface area contributed by atoms with Crippen molar-refractivity contribution in [2.75, 3.05) is 19.5 Å². The zero-order chi connectivity index (χ0) is 13.1. The van der Waals surface area contributed by atoms with E-state index in [1.165, 1.54) is 17.7 Å². The number of thiophene rings is 1. The van der Waals surface area contributed by atoms with Crippen LogP contribution in [0.15, 0.2) is 22.7 Å². The lowest BCUT2D eigenvalue weighted by Gasteiger charge is -2.08. The van der Waals surface area contributed by atoms with Crippen LogP contribution in [0.3, 0.4) is 0 Å². The quantitative estimate of drug-likeness (QED) is 0.581. The largest absolute Gasteiger partial charge is 0.384 e. The van der Waals surface area contributed by atoms with Gasteiger partial charge in [-0.05, 0) is 30.2 Å². The van der Waals surface area contributed by atoms with Crippen LogP contribution in [0.4, 0.5) is 0 Å². The van der Waals surface area contributed by atoms with Gasteiger partial charge in [-0.1, -0.05) is 17.8 Å². The summed E-state index contributed by atoms with van der Waals surface area (Å²) in [6.07, 6.45) is 2.68. The van der Waals surface area contributed by atoms with Gasteiger partial charge in [-0.2, -0.15) is 0 Å². The third-order valence-electron chi connectivity index (χ3n) is 3.11. The predicted octanol–water partition coefficient (Wildman–Crippen LogP) is 3.16. The minimum Gasteiger partial charge on any atom is -0.384 e. The van der Waals surface area contributed by atoms with Crippen molar-refractivity contribution in [2.24, 2.45) is 5.92 Å². The highest BCUT2D eigenvalue weighted by molar-refractivity contribution is 7.99. The summed E-state index contributed by atoms with van der Waals surface area (Å²) >= 11 is 3.45. The van der Waals surface area contributed by atoms with Crippen LogP contribution in [0.5, 0.6) is 0 Å². The first-order valence-electron chi connectivity index (χ1n) is 6.47. The second kappa shape index (κ2) is 6.07. The van der Waals surface area contributed by atoms with Gasteiger partial charge in [-0.3, -0.25) is 0 Å². The fraction of sp³-hybridized carbons (Fsp3) is 0.538. The third-order valence-corrected chi connectivity index (χ3v) is 4.91. The molecule has 1 aliphatic carbocycles. The van der Waals surface area contributed by atoms with Crippen molar-refractivity contribution in [3.8, 4) is 10.7 Å². The molecule has 0 saturated heterocycles. The summed E-state index contributed by atoms with van der Waals surface area (Å²) in [6.45, 7) is 1.80. The van der Waals surface area contributed by atoms with E-state index in [4.69, 9.17) is 4.74 Å². The van der Waals surface area contributed by atoms with Crippen LogP contribution in [0.25, 0.3) is 10.7 Å². The van der Waals surface area contributed by atoms with E-state index in [9.17, 15) is 0 Å². The van der Waals surface area contributed by atoms with Crippen LogP contribution in [-0.4, -0.2) is 34.2 Å². The number of thioether (sulfide) groups is 1. The number of ether oxygens (including phenoxy) is 1. The van der Waals surface area contributed by atoms with Gasteiger partial charge < -0.3 is 9.30 Å². The van der Waals surface area contributed by atoms with Crippen molar-refractivity contribution in [2.45, 2.75) is 24.5 Å². The molecule has 0 amide bonds. The van der Waals surface area contributed by atoms with Crippen LogP contribution in [-0.2, 0) is 11.3 Å². The molecule has 19 heavy (non-hydrogen) atoms. The third kappa shape index (κ3) is 3.19. The first-order chi connectivity index (χ1) is 9.38. The van der Waals surface area contributed by atoms with E-state index in [0.717, 1.165) is 35.8 Å². The van der Waals surface area contributed by atoms with Gasteiger partial charge >= 0.3 is 0 Å². The summed E-state index contributed by atoms with van der Waals surface area (Å²) in [7, 11) is 1.73. The van der Waals surface area contributed by atoms with Gasteiger partial charge in [0, 0.05) is 19.4 Å². The summed E-state index contributed by atoms with van der Waals surface area (Å²) < 4.78 is 7.38. The second-order valence-corrected chi connectivity index (χ2v) is 6.69. The molecule has 0 aromatic carbocycles. The van der Waals surface area contributed by atoms with Gasteiger partial charge in [-0.15, -0.1) is 21.5 Å². The highest BCUT2D eigenvalue weighted by atomic mass is 32.2. The Hall–Kier alpha value is -0.850. The van der Waals surface area contributed by atoms with E-state index in [0.29, 0.717) is 0 Å². The Bertz CT molecular complexity index is 520. The van der Waals surface area contributed by atoms with Gasteiger partial charge in [0.25, 0.3) is 0 Å². The summed E-state index contributed by atoms with van der Waals surface area (Å²) in [4.78, 5) is 1.20. The van der Waals surface area contributed by atoms with E-state index in [2.05, 4.69) is 32.3 Å². The Morgan fingerprint density at radius 1 is 1.47 bits per heavy atom. The average Bonchev–Trinajstić information content (AvgIpc) is 2.90. The topological polar surface area (TPSA) is 39.9 Å². The van der Waals surface area contributed by atoms with Crippen molar-refractivity contribution in [1.82, 2.24) is 14.8 Å². The second-order valence-electron chi connectivity index (χ2n) is 4.68. The minimum absolute atomic E-state index is 0.745. The molecule has 0 N–H and O–H groups in total. The molecule has 2 heterocycles. The maximum atomic E-state index is 5.10. The Morgan fingerprint density at radius 3 is 3.05 bits per heavy atom. The van der Waals surface area contributed by atoms with Gasteiger partial charge in [0.1, 0.15) is 0 Å². The summed E-state index contributed by atoms with van der Waals surface area (Å²) in [5, 5.41) is 11.8. The van der Waals surface area contributed by atoms with E-state index in [-0.39, 0.29) is 0 Å². The highest BCUT2D eigenvalue weighted by Gasteiger charge is 2.25. The highest BCUT2D eigenvalue weighted by Crippen LogP contribution is 2.35. The van der Waals surface area contributed by atoms with Crippen LogP contribution >= 0.6 is 23.1 Å². The van der Waals surface area contributed by atoms with Crippen LogP contribution in [0, 0.1) is 5.92 Å². The number of nitrogens with zero attached hydrogens (tertiary/aromatic N) is 3. The smallest absolute Gasteiger partial charge is 0.191 e. The molecular weight excluding hydrogens is 278 g/mol. The lowest BCUT2D eigenvalue weighted by atomic mass is 10.4. The summed E-state index contributed by atoms with van der Waals surface area (Å²) in [5.41, 5.74) is 0. The summed E-state index contributed by atoms with van der Waals surface area (Å²) in [6, 6.07) is 4.18. The summed E-state index contributed by atoms with van der Waals surface area (Å²) in [5.74, 6) is 2.75. The number of rotatable bonds is 7. The number of methoxy groups -OCH3 is 1. The normalized spacial score (nSPS) is 15.0. The molecule has 0 unspecified atom stereocenters. The Kier molecular flexibility index (Phi) is 4.20. The zero-order valence-corrected chi connectivity index (χ0v) is 12.5. The maximum absolute atomic E-state index is 5.10. The molecule has 4 nitrogen and oxygen atoms in total. The monoisotopic (exact) mass is 295 g/mol. The molecule has 2 aromatic heterocycles. The first-order valence-corrected chi connectivity index (χ1v) is 8.34. The molecule has 2 aromatic rings. The van der Waals surface area contributed by atoms with E-state index >= 15 is 0 Å². The number of hydrogen-bond donors (Lipinski definition) is 0. The van der Waals surface area contributed by atoms with Crippen molar-refractivity contribution in [1.29, 1.82) is 0 Å². The molecule has 0 bridgehead atoms. The molecule has 0 spiro atoms. The SMILES string of the molecule is COCCSc1nnc(-c2cccs2)n1CC1CC1. The lowest BCUT2D eigenvalue weighted by Crippen LogP contribution is -2.04. The molecule has 0 atom stereocenters. The molecule has 6 heteroatoms. The molecule has 0 radical (unpaired) electrons. The molecule has 1 saturated carbocycles. The average molecular weight is 295 g/mol. The molecule has 3 rings (SSSR count). The van der Waals surface area contributed by atoms with Gasteiger partial charge in [0.2, 0.25) is 0 Å². The van der Waals surface area contributed by atoms with Gasteiger partial charge in [0.05, 0.1) is 11.5 Å². The van der Waals surface area contributed by atoms with E-state index < -0.39 is 0 Å². The van der Waals surface area contributed by atoms with Crippen molar-refractivity contribution in [3.05, 3.63) is 17.5 Å². The first kappa shape index (κ1) is 13.1. The molecule has 102 valence electrons. The molecule has 1 aliphatic rings.